The van der Waals surface area contributed by atoms with Crippen LogP contribution in [0.4, 0.5) is 0 Å². The number of rotatable bonds is 3. The molecule has 0 fully saturated rings. The van der Waals surface area contributed by atoms with Crippen LogP contribution >= 0.6 is 11.3 Å². The first-order valence-corrected chi connectivity index (χ1v) is 5.87. The van der Waals surface area contributed by atoms with Gasteiger partial charge < -0.3 is 9.52 Å². The molecule has 0 aliphatic heterocycles. The number of thiophene rings is 1. The highest BCUT2D eigenvalue weighted by molar-refractivity contribution is 7.09. The van der Waals surface area contributed by atoms with Crippen LogP contribution < -0.4 is 0 Å². The Balaban J connectivity index is 0.000000221. The third-order valence-corrected chi connectivity index (χ3v) is 2.69. The largest absolute Gasteiger partial charge is 0.481 e. The monoisotopic (exact) mass is 238 g/mol. The lowest BCUT2D eigenvalue weighted by atomic mass is 10.3. The summed E-state index contributed by atoms with van der Waals surface area (Å²) in [6.07, 6.45) is 2.85. The lowest BCUT2D eigenvalue weighted by Gasteiger charge is -1.89. The number of hydrogen-bond acceptors (Lipinski definition) is 3. The van der Waals surface area contributed by atoms with Crippen LogP contribution in [0.25, 0.3) is 0 Å². The molecule has 2 aromatic heterocycles. The lowest BCUT2D eigenvalue weighted by Crippen LogP contribution is -1.86. The summed E-state index contributed by atoms with van der Waals surface area (Å²) in [4.78, 5) is 10.7. The molecular weight excluding hydrogens is 224 g/mol. The third-order valence-electron chi connectivity index (χ3n) is 1.81. The summed E-state index contributed by atoms with van der Waals surface area (Å²) in [6, 6.07) is 8.10. The maximum absolute atomic E-state index is 9.37. The molecule has 0 aromatic carbocycles. The van der Waals surface area contributed by atoms with Gasteiger partial charge >= 0.3 is 5.97 Å². The zero-order valence-corrected chi connectivity index (χ0v) is 9.87. The molecule has 16 heavy (non-hydrogen) atoms. The van der Waals surface area contributed by atoms with Crippen molar-refractivity contribution >= 4 is 17.3 Å². The number of furan rings is 1. The summed E-state index contributed by atoms with van der Waals surface area (Å²) in [5.41, 5.74) is 0. The Hall–Kier alpha value is -1.55. The van der Waals surface area contributed by atoms with Crippen molar-refractivity contribution in [3.63, 3.8) is 0 Å². The first kappa shape index (κ1) is 12.5. The molecular formula is C12H14O3S. The van der Waals surface area contributed by atoms with E-state index in [1.165, 1.54) is 4.88 Å². The second-order valence-corrected chi connectivity index (χ2v) is 4.12. The lowest BCUT2D eigenvalue weighted by molar-refractivity contribution is -0.136. The minimum Gasteiger partial charge on any atom is -0.481 e. The van der Waals surface area contributed by atoms with Crippen LogP contribution in [0, 0.1) is 0 Å². The van der Waals surface area contributed by atoms with Crippen LogP contribution in [0.1, 0.15) is 24.0 Å². The van der Waals surface area contributed by atoms with Crippen molar-refractivity contribution < 1.29 is 14.3 Å². The van der Waals surface area contributed by atoms with E-state index in [0.29, 0.717) is 0 Å². The first-order valence-electron chi connectivity index (χ1n) is 4.99. The second-order valence-electron chi connectivity index (χ2n) is 3.08. The fraction of sp³-hybridized carbons (Fsp3) is 0.250. The summed E-state index contributed by atoms with van der Waals surface area (Å²) in [7, 11) is 0. The maximum atomic E-state index is 9.37. The molecule has 0 unspecified atom stereocenters. The van der Waals surface area contributed by atoms with Gasteiger partial charge in [-0.3, -0.25) is 4.79 Å². The van der Waals surface area contributed by atoms with Gasteiger partial charge in [-0.15, -0.1) is 11.3 Å². The van der Waals surface area contributed by atoms with Gasteiger partial charge in [0.2, 0.25) is 0 Å². The van der Waals surface area contributed by atoms with E-state index in [-0.39, 0.29) is 6.42 Å². The number of aliphatic carboxylic acids is 1. The average molecular weight is 238 g/mol. The Labute approximate surface area is 98.3 Å². The molecule has 0 spiro atoms. The van der Waals surface area contributed by atoms with E-state index in [0.717, 1.165) is 12.2 Å². The zero-order chi connectivity index (χ0) is 11.8. The van der Waals surface area contributed by atoms with Gasteiger partial charge in [0.15, 0.2) is 0 Å². The van der Waals surface area contributed by atoms with Crippen LogP contribution in [0.5, 0.6) is 0 Å². The molecule has 0 amide bonds. The summed E-state index contributed by atoms with van der Waals surface area (Å²) in [5, 5.41) is 9.80. The molecule has 0 aliphatic rings. The summed E-state index contributed by atoms with van der Waals surface area (Å²) < 4.78 is 5.21. The van der Waals surface area contributed by atoms with Crippen molar-refractivity contribution in [3.8, 4) is 0 Å². The summed E-state index contributed by atoms with van der Waals surface area (Å²) in [5.74, 6) is 0.289. The van der Waals surface area contributed by atoms with Gasteiger partial charge in [0.05, 0.1) is 6.26 Å². The Kier molecular flexibility index (Phi) is 5.36. The molecule has 2 heterocycles. The van der Waals surface area contributed by atoms with E-state index < -0.39 is 5.97 Å². The van der Waals surface area contributed by atoms with E-state index in [2.05, 4.69) is 17.5 Å². The smallest absolute Gasteiger partial charge is 0.303 e. The standard InChI is InChI=1S/C9H8OS.C3H6O2/c1-3-8(10-5-1)7-9-4-2-6-11-9;1-2-3(4)5/h1-6H,7H2;2H2,1H3,(H,4,5). The van der Waals surface area contributed by atoms with Crippen LogP contribution in [-0.2, 0) is 11.2 Å². The van der Waals surface area contributed by atoms with Crippen LogP contribution in [0.3, 0.4) is 0 Å². The highest BCUT2D eigenvalue weighted by Gasteiger charge is 1.97. The number of carboxylic acid groups (broad SMARTS) is 1. The highest BCUT2D eigenvalue weighted by Crippen LogP contribution is 2.14. The van der Waals surface area contributed by atoms with E-state index in [1.807, 2.05) is 12.1 Å². The predicted molar refractivity (Wildman–Crippen MR) is 63.8 cm³/mol. The van der Waals surface area contributed by atoms with Crippen LogP contribution in [0.15, 0.2) is 40.3 Å². The fourth-order valence-corrected chi connectivity index (χ4v) is 1.71. The van der Waals surface area contributed by atoms with Gasteiger partial charge in [0, 0.05) is 17.7 Å². The molecule has 4 heteroatoms. The van der Waals surface area contributed by atoms with Crippen molar-refractivity contribution in [1.82, 2.24) is 0 Å². The average Bonchev–Trinajstić information content (AvgIpc) is 2.92. The molecule has 0 bridgehead atoms. The Bertz CT molecular complexity index is 358. The van der Waals surface area contributed by atoms with Gasteiger partial charge in [0.1, 0.15) is 5.76 Å². The van der Waals surface area contributed by atoms with Gasteiger partial charge in [-0.2, -0.15) is 0 Å². The number of hydrogen-bond donors (Lipinski definition) is 1. The zero-order valence-electron chi connectivity index (χ0n) is 9.05. The number of carbonyl (C=O) groups is 1. The number of carboxylic acids is 1. The maximum Gasteiger partial charge on any atom is 0.303 e. The molecule has 0 aliphatic carbocycles. The first-order chi connectivity index (χ1) is 7.72. The quantitative estimate of drug-likeness (QED) is 0.891. The molecule has 0 atom stereocenters. The van der Waals surface area contributed by atoms with E-state index >= 15 is 0 Å². The van der Waals surface area contributed by atoms with Gasteiger partial charge in [0.25, 0.3) is 0 Å². The molecule has 0 saturated heterocycles. The van der Waals surface area contributed by atoms with E-state index in [9.17, 15) is 4.79 Å². The fourth-order valence-electron chi connectivity index (χ4n) is 0.998. The van der Waals surface area contributed by atoms with Crippen LogP contribution in [-0.4, -0.2) is 11.1 Å². The summed E-state index contributed by atoms with van der Waals surface area (Å²) in [6.45, 7) is 1.60. The van der Waals surface area contributed by atoms with Crippen molar-refractivity contribution in [2.45, 2.75) is 19.8 Å². The Morgan fingerprint density at radius 3 is 2.62 bits per heavy atom. The van der Waals surface area contributed by atoms with Crippen molar-refractivity contribution in [1.29, 1.82) is 0 Å². The molecule has 3 nitrogen and oxygen atoms in total. The van der Waals surface area contributed by atoms with Crippen molar-refractivity contribution in [2.75, 3.05) is 0 Å². The van der Waals surface area contributed by atoms with Gasteiger partial charge in [-0.1, -0.05) is 13.0 Å². The normalized spacial score (nSPS) is 9.31. The molecule has 2 aromatic rings. The molecule has 1 N–H and O–H groups in total. The van der Waals surface area contributed by atoms with Gasteiger partial charge in [-0.25, -0.2) is 0 Å². The van der Waals surface area contributed by atoms with Gasteiger partial charge in [-0.05, 0) is 23.6 Å². The van der Waals surface area contributed by atoms with Crippen molar-refractivity contribution in [2.24, 2.45) is 0 Å². The van der Waals surface area contributed by atoms with Crippen molar-refractivity contribution in [3.05, 3.63) is 46.5 Å². The minimum atomic E-state index is -0.745. The molecule has 0 radical (unpaired) electrons. The molecule has 0 saturated carbocycles. The second kappa shape index (κ2) is 6.85. The third kappa shape index (κ3) is 4.79. The SMILES string of the molecule is CCC(=O)O.c1coc(Cc2cccs2)c1. The Morgan fingerprint density at radius 1 is 1.44 bits per heavy atom. The minimum absolute atomic E-state index is 0.222. The Morgan fingerprint density at radius 2 is 2.19 bits per heavy atom. The topological polar surface area (TPSA) is 50.4 Å². The van der Waals surface area contributed by atoms with E-state index in [4.69, 9.17) is 9.52 Å². The molecule has 2 rings (SSSR count). The predicted octanol–water partition coefficient (Wildman–Crippen LogP) is 3.41. The van der Waals surface area contributed by atoms with E-state index in [1.54, 1.807) is 24.5 Å². The highest BCUT2D eigenvalue weighted by atomic mass is 32.1. The summed E-state index contributed by atoms with van der Waals surface area (Å²) >= 11 is 1.76. The molecule has 86 valence electrons. The van der Waals surface area contributed by atoms with Crippen LogP contribution in [0.2, 0.25) is 0 Å².